The van der Waals surface area contributed by atoms with Crippen molar-refractivity contribution in [2.24, 2.45) is 5.10 Å². The number of ether oxygens (including phenoxy) is 1. The molecule has 168 valence electrons. The minimum absolute atomic E-state index is 0.128. The molecular weight excluding hydrogens is 465 g/mol. The molecule has 0 radical (unpaired) electrons. The molecule has 0 spiro atoms. The molecule has 3 aromatic carbocycles. The number of carbonyl (C=O) groups excluding carboxylic acids is 3. The lowest BCUT2D eigenvalue weighted by Crippen LogP contribution is -2.33. The summed E-state index contributed by atoms with van der Waals surface area (Å²) in [6, 6.07) is 18.3. The van der Waals surface area contributed by atoms with Gasteiger partial charge in [-0.2, -0.15) is 5.10 Å². The standard InChI is InChI=1S/C24H19Cl2N3O4/c1-14-6-8-17(9-7-14)24(32)33-18-12-10-16(11-13-18)15(2)28-29-23(31)22(30)27-20-5-3-4-19(25)21(20)26/h3-13H,1-2H3,(H,27,30)(H,29,31)/b28-15+. The van der Waals surface area contributed by atoms with E-state index in [1.54, 1.807) is 55.5 Å². The van der Waals surface area contributed by atoms with Crippen molar-refractivity contribution in [1.82, 2.24) is 5.43 Å². The second-order valence-corrected chi connectivity index (χ2v) is 7.76. The topological polar surface area (TPSA) is 96.9 Å². The van der Waals surface area contributed by atoms with Crippen LogP contribution in [0.3, 0.4) is 0 Å². The van der Waals surface area contributed by atoms with E-state index in [1.165, 1.54) is 6.07 Å². The van der Waals surface area contributed by atoms with E-state index < -0.39 is 17.8 Å². The Bertz CT molecular complexity index is 1220. The number of anilines is 1. The van der Waals surface area contributed by atoms with Crippen LogP contribution in [0.15, 0.2) is 71.8 Å². The summed E-state index contributed by atoms with van der Waals surface area (Å²) >= 11 is 11.9. The number of hydrogen-bond acceptors (Lipinski definition) is 5. The van der Waals surface area contributed by atoms with E-state index in [1.807, 2.05) is 19.1 Å². The summed E-state index contributed by atoms with van der Waals surface area (Å²) in [4.78, 5) is 36.3. The van der Waals surface area contributed by atoms with E-state index >= 15 is 0 Å². The zero-order valence-electron chi connectivity index (χ0n) is 17.7. The van der Waals surface area contributed by atoms with Crippen LogP contribution in [0.1, 0.15) is 28.4 Å². The van der Waals surface area contributed by atoms with Crippen molar-refractivity contribution in [3.05, 3.63) is 93.5 Å². The van der Waals surface area contributed by atoms with Gasteiger partial charge < -0.3 is 10.1 Å². The number of nitrogens with zero attached hydrogens (tertiary/aromatic N) is 1. The van der Waals surface area contributed by atoms with Gasteiger partial charge in [-0.25, -0.2) is 10.2 Å². The summed E-state index contributed by atoms with van der Waals surface area (Å²) in [6.07, 6.45) is 0. The first kappa shape index (κ1) is 24.0. The van der Waals surface area contributed by atoms with Gasteiger partial charge in [-0.15, -0.1) is 0 Å². The first-order valence-corrected chi connectivity index (χ1v) is 10.5. The largest absolute Gasteiger partial charge is 0.423 e. The molecule has 0 aliphatic rings. The Kier molecular flexibility index (Phi) is 7.82. The number of halogens is 2. The summed E-state index contributed by atoms with van der Waals surface area (Å²) in [5.74, 6) is -2.03. The number of nitrogens with one attached hydrogen (secondary N) is 2. The Morgan fingerprint density at radius 2 is 1.48 bits per heavy atom. The molecule has 3 rings (SSSR count). The van der Waals surface area contributed by atoms with Gasteiger partial charge in [0.05, 0.1) is 27.0 Å². The fraction of sp³-hybridized carbons (Fsp3) is 0.0833. The average Bonchev–Trinajstić information content (AvgIpc) is 2.81. The number of benzene rings is 3. The van der Waals surface area contributed by atoms with Crippen molar-refractivity contribution in [2.45, 2.75) is 13.8 Å². The summed E-state index contributed by atoms with van der Waals surface area (Å²) in [5.41, 5.74) is 4.98. The lowest BCUT2D eigenvalue weighted by Gasteiger charge is -2.08. The van der Waals surface area contributed by atoms with Gasteiger partial charge in [0.15, 0.2) is 0 Å². The van der Waals surface area contributed by atoms with Gasteiger partial charge in [0.1, 0.15) is 5.75 Å². The van der Waals surface area contributed by atoms with Gasteiger partial charge in [0.25, 0.3) is 0 Å². The Morgan fingerprint density at radius 1 is 0.848 bits per heavy atom. The van der Waals surface area contributed by atoms with Crippen LogP contribution in [0.2, 0.25) is 10.0 Å². The Hall–Kier alpha value is -3.68. The molecule has 0 saturated carbocycles. The monoisotopic (exact) mass is 483 g/mol. The summed E-state index contributed by atoms with van der Waals surface area (Å²) in [7, 11) is 0. The normalized spacial score (nSPS) is 11.0. The molecule has 33 heavy (non-hydrogen) atoms. The Labute approximate surface area is 200 Å². The van der Waals surface area contributed by atoms with Gasteiger partial charge in [-0.1, -0.05) is 47.0 Å². The molecule has 0 aliphatic carbocycles. The van der Waals surface area contributed by atoms with E-state index in [-0.39, 0.29) is 15.7 Å². The van der Waals surface area contributed by atoms with Crippen molar-refractivity contribution in [1.29, 1.82) is 0 Å². The van der Waals surface area contributed by atoms with Crippen molar-refractivity contribution >= 4 is 52.4 Å². The molecule has 3 aromatic rings. The van der Waals surface area contributed by atoms with Gasteiger partial charge in [-0.05, 0) is 67.9 Å². The lowest BCUT2D eigenvalue weighted by molar-refractivity contribution is -0.136. The fourth-order valence-corrected chi connectivity index (χ4v) is 3.00. The van der Waals surface area contributed by atoms with Crippen LogP contribution in [-0.2, 0) is 9.59 Å². The smallest absolute Gasteiger partial charge is 0.343 e. The summed E-state index contributed by atoms with van der Waals surface area (Å²) in [5, 5.41) is 6.68. The molecule has 0 unspecified atom stereocenters. The minimum atomic E-state index is -0.978. The number of hydrazone groups is 1. The number of rotatable bonds is 5. The SMILES string of the molecule is C/C(=N\NC(=O)C(=O)Nc1cccc(Cl)c1Cl)c1ccc(OC(=O)c2ccc(C)cc2)cc1. The van der Waals surface area contributed by atoms with Gasteiger partial charge in [-0.3, -0.25) is 9.59 Å². The quantitative estimate of drug-likeness (QED) is 0.175. The maximum absolute atomic E-state index is 12.2. The molecule has 7 nitrogen and oxygen atoms in total. The number of esters is 1. The highest BCUT2D eigenvalue weighted by molar-refractivity contribution is 6.45. The molecule has 2 amide bonds. The number of carbonyl (C=O) groups is 3. The number of aryl methyl sites for hydroxylation is 1. The minimum Gasteiger partial charge on any atom is -0.423 e. The summed E-state index contributed by atoms with van der Waals surface area (Å²) < 4.78 is 5.36. The Balaban J connectivity index is 1.58. The zero-order chi connectivity index (χ0) is 24.0. The predicted molar refractivity (Wildman–Crippen MR) is 128 cm³/mol. The molecular formula is C24H19Cl2N3O4. The first-order chi connectivity index (χ1) is 15.7. The molecule has 0 heterocycles. The van der Waals surface area contributed by atoms with Gasteiger partial charge in [0.2, 0.25) is 0 Å². The highest BCUT2D eigenvalue weighted by Crippen LogP contribution is 2.29. The molecule has 0 atom stereocenters. The summed E-state index contributed by atoms with van der Waals surface area (Å²) in [6.45, 7) is 3.58. The van der Waals surface area contributed by atoms with Crippen LogP contribution in [0.4, 0.5) is 5.69 Å². The highest BCUT2D eigenvalue weighted by atomic mass is 35.5. The van der Waals surface area contributed by atoms with Crippen LogP contribution in [0.5, 0.6) is 5.75 Å². The molecule has 0 aromatic heterocycles. The number of amides is 2. The zero-order valence-corrected chi connectivity index (χ0v) is 19.2. The van der Waals surface area contributed by atoms with E-state index in [0.717, 1.165) is 5.56 Å². The van der Waals surface area contributed by atoms with Crippen LogP contribution in [0, 0.1) is 6.92 Å². The number of hydrogen-bond donors (Lipinski definition) is 2. The predicted octanol–water partition coefficient (Wildman–Crippen LogP) is 5.00. The van der Waals surface area contributed by atoms with Crippen LogP contribution >= 0.6 is 23.2 Å². The van der Waals surface area contributed by atoms with E-state index in [2.05, 4.69) is 15.8 Å². The maximum Gasteiger partial charge on any atom is 0.343 e. The van der Waals surface area contributed by atoms with Crippen LogP contribution in [0.25, 0.3) is 0 Å². The second kappa shape index (κ2) is 10.8. The third-order valence-electron chi connectivity index (χ3n) is 4.50. The van der Waals surface area contributed by atoms with E-state index in [4.69, 9.17) is 27.9 Å². The van der Waals surface area contributed by atoms with Crippen molar-refractivity contribution in [3.8, 4) is 5.75 Å². The molecule has 0 aliphatic heterocycles. The molecule has 2 N–H and O–H groups in total. The molecule has 0 saturated heterocycles. The highest BCUT2D eigenvalue weighted by Gasteiger charge is 2.16. The fourth-order valence-electron chi connectivity index (χ4n) is 2.65. The third kappa shape index (κ3) is 6.41. The lowest BCUT2D eigenvalue weighted by atomic mass is 10.1. The van der Waals surface area contributed by atoms with E-state index in [9.17, 15) is 14.4 Å². The van der Waals surface area contributed by atoms with Gasteiger partial charge in [0, 0.05) is 0 Å². The van der Waals surface area contributed by atoms with Crippen LogP contribution < -0.4 is 15.5 Å². The molecule has 0 bridgehead atoms. The maximum atomic E-state index is 12.2. The Morgan fingerprint density at radius 3 is 2.15 bits per heavy atom. The molecule has 0 fully saturated rings. The van der Waals surface area contributed by atoms with Crippen molar-refractivity contribution < 1.29 is 19.1 Å². The first-order valence-electron chi connectivity index (χ1n) is 9.73. The third-order valence-corrected chi connectivity index (χ3v) is 5.32. The van der Waals surface area contributed by atoms with Crippen LogP contribution in [-0.4, -0.2) is 23.5 Å². The van der Waals surface area contributed by atoms with E-state index in [0.29, 0.717) is 22.6 Å². The molecule has 9 heteroatoms. The average molecular weight is 484 g/mol. The van der Waals surface area contributed by atoms with Crippen molar-refractivity contribution in [3.63, 3.8) is 0 Å². The van der Waals surface area contributed by atoms with Gasteiger partial charge >= 0.3 is 17.8 Å². The van der Waals surface area contributed by atoms with Crippen molar-refractivity contribution in [2.75, 3.05) is 5.32 Å². The second-order valence-electron chi connectivity index (χ2n) is 6.97.